The predicted octanol–water partition coefficient (Wildman–Crippen LogP) is 5.21. The number of allylic oxidation sites excluding steroid dienone is 1. The van der Waals surface area contributed by atoms with Gasteiger partial charge in [-0.1, -0.05) is 40.6 Å². The number of nitrogens with zero attached hydrogens (tertiary/aromatic N) is 1. The Morgan fingerprint density at radius 1 is 1.04 bits per heavy atom. The number of aromatic hydroxyl groups is 2. The van der Waals surface area contributed by atoms with E-state index in [0.29, 0.717) is 31.8 Å². The summed E-state index contributed by atoms with van der Waals surface area (Å²) >= 11 is 14.9. The van der Waals surface area contributed by atoms with E-state index in [1.807, 2.05) is 5.38 Å². The lowest BCUT2D eigenvalue weighted by molar-refractivity contribution is -0.588. The number of carbonyl (C=O) groups excluding carboxylic acids is 1. The van der Waals surface area contributed by atoms with Gasteiger partial charge >= 0.3 is 10.2 Å². The summed E-state index contributed by atoms with van der Waals surface area (Å²) in [7, 11) is 0. The molecule has 0 bridgehead atoms. The zero-order valence-electron chi connectivity index (χ0n) is 12.9. The summed E-state index contributed by atoms with van der Waals surface area (Å²) in [6.07, 6.45) is 1.74. The molecule has 0 spiro atoms. The van der Waals surface area contributed by atoms with Crippen molar-refractivity contribution in [3.05, 3.63) is 62.3 Å². The Balaban J connectivity index is 1.74. The number of carbonyl (C=O) groups is 1. The quantitative estimate of drug-likeness (QED) is 0.338. The predicted molar refractivity (Wildman–Crippen MR) is 104 cm³/mol. The van der Waals surface area contributed by atoms with Gasteiger partial charge in [0.05, 0.1) is 10.9 Å². The number of aromatic nitrogens is 1. The minimum Gasteiger partial charge on any atom is -0.504 e. The van der Waals surface area contributed by atoms with E-state index < -0.39 is 0 Å². The van der Waals surface area contributed by atoms with Crippen LogP contribution in [0.15, 0.2) is 51.0 Å². The fourth-order valence-electron chi connectivity index (χ4n) is 2.55. The van der Waals surface area contributed by atoms with Gasteiger partial charge in [0, 0.05) is 21.8 Å². The van der Waals surface area contributed by atoms with Crippen molar-refractivity contribution in [1.82, 2.24) is 0 Å². The van der Waals surface area contributed by atoms with Crippen LogP contribution >= 0.6 is 46.3 Å². The zero-order valence-corrected chi connectivity index (χ0v) is 16.1. The second-order valence-corrected chi connectivity index (χ2v) is 8.50. The van der Waals surface area contributed by atoms with Gasteiger partial charge in [-0.3, -0.25) is 0 Å². The van der Waals surface area contributed by atoms with Crippen LogP contribution in [0.3, 0.4) is 0 Å². The zero-order chi connectivity index (χ0) is 18.4. The van der Waals surface area contributed by atoms with Crippen molar-refractivity contribution in [2.75, 3.05) is 0 Å². The second kappa shape index (κ2) is 6.63. The molecule has 130 valence electrons. The molecule has 2 N–H and O–H groups in total. The fourth-order valence-corrected chi connectivity index (χ4v) is 5.19. The standard InChI is InChI=1S/C18H9Cl2NO3S2/c19-11-3-1-9(12(20)7-11)6-16-17(24)21-13(8-25-18(21)26-16)10-2-4-14(22)15(23)5-10/h1-8H,(H-,22,23)/p+1/b16-6-. The average molecular weight is 423 g/mol. The molecule has 1 aromatic heterocycles. The number of phenols is 2. The van der Waals surface area contributed by atoms with Gasteiger partial charge in [0.15, 0.2) is 11.5 Å². The molecule has 1 aliphatic rings. The fraction of sp³-hybridized carbons (Fsp3) is 0. The van der Waals surface area contributed by atoms with E-state index >= 15 is 0 Å². The molecule has 1 aliphatic heterocycles. The van der Waals surface area contributed by atoms with Crippen LogP contribution in [-0.4, -0.2) is 16.1 Å². The maximum absolute atomic E-state index is 12.9. The number of phenolic OH excluding ortho intramolecular Hbond substituents is 2. The van der Waals surface area contributed by atoms with Crippen molar-refractivity contribution in [1.29, 1.82) is 0 Å². The summed E-state index contributed by atoms with van der Waals surface area (Å²) in [6.45, 7) is 0. The summed E-state index contributed by atoms with van der Waals surface area (Å²) < 4.78 is 2.41. The molecular weight excluding hydrogens is 413 g/mol. The minimum atomic E-state index is -0.232. The molecule has 2 heterocycles. The maximum atomic E-state index is 12.9. The molecule has 0 fully saturated rings. The Kier molecular flexibility index (Phi) is 4.44. The number of benzene rings is 2. The SMILES string of the molecule is O=C1/C(=C/c2ccc(Cl)cc2Cl)Sc2scc(-c3ccc(O)c(O)c3)[n+]21. The molecule has 0 amide bonds. The Labute approximate surface area is 166 Å². The molecule has 3 aromatic rings. The number of thioether (sulfide) groups is 1. The van der Waals surface area contributed by atoms with Gasteiger partial charge in [-0.25, -0.2) is 4.79 Å². The third-order valence-corrected chi connectivity index (χ3v) is 6.52. The van der Waals surface area contributed by atoms with Gasteiger partial charge in [0.25, 0.3) is 0 Å². The lowest BCUT2D eigenvalue weighted by Crippen LogP contribution is -2.40. The number of fused-ring (bicyclic) bond motifs is 1. The van der Waals surface area contributed by atoms with Crippen LogP contribution < -0.4 is 4.57 Å². The number of hydrogen-bond donors (Lipinski definition) is 2. The lowest BCUT2D eigenvalue weighted by atomic mass is 10.1. The van der Waals surface area contributed by atoms with Crippen molar-refractivity contribution in [3.63, 3.8) is 0 Å². The molecule has 2 aromatic carbocycles. The molecular formula is C18H10Cl2NO3S2+. The Morgan fingerprint density at radius 3 is 2.58 bits per heavy atom. The maximum Gasteiger partial charge on any atom is 0.433 e. The third-order valence-electron chi connectivity index (χ3n) is 3.83. The lowest BCUT2D eigenvalue weighted by Gasteiger charge is -2.00. The molecule has 0 atom stereocenters. The van der Waals surface area contributed by atoms with Gasteiger partial charge in [-0.05, 0) is 42.0 Å². The molecule has 0 saturated heterocycles. The monoisotopic (exact) mass is 422 g/mol. The first-order valence-electron chi connectivity index (χ1n) is 7.39. The van der Waals surface area contributed by atoms with Crippen molar-refractivity contribution >= 4 is 58.3 Å². The second-order valence-electron chi connectivity index (χ2n) is 5.51. The normalized spacial score (nSPS) is 14.8. The molecule has 8 heteroatoms. The first kappa shape index (κ1) is 17.4. The molecule has 4 nitrogen and oxygen atoms in total. The number of hydrogen-bond acceptors (Lipinski definition) is 5. The molecule has 0 saturated carbocycles. The smallest absolute Gasteiger partial charge is 0.433 e. The van der Waals surface area contributed by atoms with E-state index in [2.05, 4.69) is 0 Å². The van der Waals surface area contributed by atoms with Gasteiger partial charge in [0.2, 0.25) is 5.69 Å². The molecule has 4 rings (SSSR count). The third kappa shape index (κ3) is 2.99. The van der Waals surface area contributed by atoms with Gasteiger partial charge in [0.1, 0.15) is 4.91 Å². The van der Waals surface area contributed by atoms with E-state index in [9.17, 15) is 15.0 Å². The van der Waals surface area contributed by atoms with E-state index in [1.54, 1.807) is 34.9 Å². The van der Waals surface area contributed by atoms with Crippen LogP contribution in [0.4, 0.5) is 0 Å². The first-order valence-corrected chi connectivity index (χ1v) is 9.84. The topological polar surface area (TPSA) is 61.4 Å². The average Bonchev–Trinajstić information content (AvgIpc) is 3.14. The van der Waals surface area contributed by atoms with Crippen LogP contribution in [0.25, 0.3) is 17.3 Å². The van der Waals surface area contributed by atoms with Gasteiger partial charge < -0.3 is 10.2 Å². The van der Waals surface area contributed by atoms with E-state index in [-0.39, 0.29) is 17.4 Å². The number of thiazole rings is 1. The summed E-state index contributed by atoms with van der Waals surface area (Å²) in [4.78, 5) is 13.4. The summed E-state index contributed by atoms with van der Waals surface area (Å²) in [5.41, 5.74) is 2.01. The van der Waals surface area contributed by atoms with Crippen LogP contribution in [0.2, 0.25) is 10.0 Å². The van der Waals surface area contributed by atoms with Crippen LogP contribution in [0.1, 0.15) is 10.4 Å². The molecule has 0 radical (unpaired) electrons. The Morgan fingerprint density at radius 2 is 1.85 bits per heavy atom. The number of rotatable bonds is 2. The molecule has 0 unspecified atom stereocenters. The first-order chi connectivity index (χ1) is 12.4. The summed E-state index contributed by atoms with van der Waals surface area (Å²) in [5.74, 6) is -0.603. The highest BCUT2D eigenvalue weighted by Crippen LogP contribution is 2.39. The summed E-state index contributed by atoms with van der Waals surface area (Å²) in [6, 6.07) is 9.60. The Hall–Kier alpha value is -1.99. The largest absolute Gasteiger partial charge is 0.504 e. The summed E-state index contributed by atoms with van der Waals surface area (Å²) in [5, 5.41) is 22.1. The highest BCUT2D eigenvalue weighted by atomic mass is 35.5. The van der Waals surface area contributed by atoms with Crippen molar-refractivity contribution in [2.24, 2.45) is 0 Å². The molecule has 0 aliphatic carbocycles. The highest BCUT2D eigenvalue weighted by molar-refractivity contribution is 8.05. The van der Waals surface area contributed by atoms with Crippen LogP contribution in [0, 0.1) is 0 Å². The van der Waals surface area contributed by atoms with E-state index in [0.717, 1.165) is 4.34 Å². The van der Waals surface area contributed by atoms with Crippen LogP contribution in [-0.2, 0) is 0 Å². The van der Waals surface area contributed by atoms with E-state index in [4.69, 9.17) is 23.2 Å². The Bertz CT molecular complexity index is 1090. The van der Waals surface area contributed by atoms with Gasteiger partial charge in [-0.15, -0.1) is 4.57 Å². The minimum absolute atomic E-state index is 0.167. The van der Waals surface area contributed by atoms with Gasteiger partial charge in [-0.2, -0.15) is 0 Å². The van der Waals surface area contributed by atoms with Crippen molar-refractivity contribution < 1.29 is 19.6 Å². The molecule has 26 heavy (non-hydrogen) atoms. The van der Waals surface area contributed by atoms with Crippen molar-refractivity contribution in [2.45, 2.75) is 4.34 Å². The van der Waals surface area contributed by atoms with Crippen molar-refractivity contribution in [3.8, 4) is 22.8 Å². The number of halogens is 2. The van der Waals surface area contributed by atoms with E-state index in [1.165, 1.54) is 35.2 Å². The van der Waals surface area contributed by atoms with Crippen LogP contribution in [0.5, 0.6) is 11.5 Å². The highest BCUT2D eigenvalue weighted by Gasteiger charge is 2.41.